The average Bonchev–Trinajstić information content (AvgIpc) is 3.15. The summed E-state index contributed by atoms with van der Waals surface area (Å²) in [4.78, 5) is 42.8. The van der Waals surface area contributed by atoms with E-state index in [0.717, 1.165) is 6.42 Å². The molecule has 118 valence electrons. The summed E-state index contributed by atoms with van der Waals surface area (Å²) in [5.41, 5.74) is 0.703. The number of carbonyl (C=O) groups excluding carboxylic acids is 3. The average molecular weight is 322 g/mol. The van der Waals surface area contributed by atoms with Crippen LogP contribution in [0.3, 0.4) is 0 Å². The molecule has 0 spiro atoms. The molecule has 3 rings (SSSR count). The molecule has 1 aromatic heterocycles. The molecule has 6 nitrogen and oxygen atoms in total. The van der Waals surface area contributed by atoms with E-state index in [1.54, 1.807) is 7.05 Å². The number of fused-ring (bicyclic) bond motifs is 1. The number of rotatable bonds is 3. The van der Waals surface area contributed by atoms with Crippen LogP contribution in [0.5, 0.6) is 0 Å². The van der Waals surface area contributed by atoms with E-state index in [1.165, 1.54) is 23.2 Å². The van der Waals surface area contributed by atoms with Gasteiger partial charge in [-0.05, 0) is 25.7 Å². The van der Waals surface area contributed by atoms with E-state index in [0.29, 0.717) is 41.6 Å². The van der Waals surface area contributed by atoms with E-state index in [9.17, 15) is 14.4 Å². The molecule has 7 heteroatoms. The monoisotopic (exact) mass is 322 g/mol. The summed E-state index contributed by atoms with van der Waals surface area (Å²) in [5.74, 6) is -1.01. The SMILES string of the molecule is CC(=O)N(C)c1nc2c(s1)C(=O)C(C(=O)C1CCCO1)CC2. The fourth-order valence-electron chi connectivity index (χ4n) is 2.85. The van der Waals surface area contributed by atoms with Gasteiger partial charge in [-0.15, -0.1) is 0 Å². The van der Waals surface area contributed by atoms with Crippen LogP contribution in [0.4, 0.5) is 5.13 Å². The summed E-state index contributed by atoms with van der Waals surface area (Å²) >= 11 is 1.19. The number of amides is 1. The van der Waals surface area contributed by atoms with Crippen molar-refractivity contribution in [1.29, 1.82) is 0 Å². The molecule has 0 saturated carbocycles. The van der Waals surface area contributed by atoms with Gasteiger partial charge >= 0.3 is 0 Å². The number of nitrogens with zero attached hydrogens (tertiary/aromatic N) is 2. The summed E-state index contributed by atoms with van der Waals surface area (Å²) < 4.78 is 5.41. The van der Waals surface area contributed by atoms with E-state index >= 15 is 0 Å². The Morgan fingerprint density at radius 3 is 2.77 bits per heavy atom. The molecule has 2 aliphatic rings. The molecule has 0 radical (unpaired) electrons. The van der Waals surface area contributed by atoms with Crippen molar-refractivity contribution in [2.75, 3.05) is 18.6 Å². The third-order valence-corrected chi connectivity index (χ3v) is 5.43. The largest absolute Gasteiger partial charge is 0.370 e. The molecule has 1 aliphatic heterocycles. The van der Waals surface area contributed by atoms with E-state index < -0.39 is 12.0 Å². The van der Waals surface area contributed by atoms with E-state index in [1.807, 2.05) is 0 Å². The molecule has 22 heavy (non-hydrogen) atoms. The lowest BCUT2D eigenvalue weighted by atomic mass is 9.84. The number of Topliss-reactive ketones (excluding diaryl/α,β-unsaturated/α-hetero) is 2. The molecule has 0 bridgehead atoms. The summed E-state index contributed by atoms with van der Waals surface area (Å²) in [6.45, 7) is 2.04. The number of aromatic nitrogens is 1. The van der Waals surface area contributed by atoms with Crippen LogP contribution in [-0.2, 0) is 20.7 Å². The number of ether oxygens (including phenoxy) is 1. The Balaban J connectivity index is 1.83. The van der Waals surface area contributed by atoms with Crippen LogP contribution in [0.25, 0.3) is 0 Å². The summed E-state index contributed by atoms with van der Waals surface area (Å²) in [7, 11) is 1.63. The van der Waals surface area contributed by atoms with Gasteiger partial charge < -0.3 is 4.74 Å². The zero-order valence-corrected chi connectivity index (χ0v) is 13.4. The normalized spacial score (nSPS) is 24.2. The van der Waals surface area contributed by atoms with Crippen molar-refractivity contribution in [3.8, 4) is 0 Å². The number of ketones is 2. The Kier molecular flexibility index (Phi) is 4.10. The van der Waals surface area contributed by atoms with E-state index in [-0.39, 0.29) is 17.5 Å². The maximum absolute atomic E-state index is 12.6. The number of thiazole rings is 1. The van der Waals surface area contributed by atoms with Crippen LogP contribution in [0.15, 0.2) is 0 Å². The molecule has 0 N–H and O–H groups in total. The molecule has 1 aliphatic carbocycles. The molecule has 0 aromatic carbocycles. The summed E-state index contributed by atoms with van der Waals surface area (Å²) in [6.07, 6.45) is 2.22. The van der Waals surface area contributed by atoms with E-state index in [4.69, 9.17) is 4.74 Å². The highest BCUT2D eigenvalue weighted by Gasteiger charge is 2.39. The molecule has 2 unspecified atom stereocenters. The lowest BCUT2D eigenvalue weighted by Gasteiger charge is -2.21. The fraction of sp³-hybridized carbons (Fsp3) is 0.600. The fourth-order valence-corrected chi connectivity index (χ4v) is 3.96. The minimum Gasteiger partial charge on any atom is -0.370 e. The minimum atomic E-state index is -0.619. The van der Waals surface area contributed by atoms with Crippen molar-refractivity contribution >= 4 is 33.9 Å². The highest BCUT2D eigenvalue weighted by molar-refractivity contribution is 7.17. The summed E-state index contributed by atoms with van der Waals surface area (Å²) in [6, 6.07) is 0. The molecule has 2 atom stereocenters. The van der Waals surface area contributed by atoms with Crippen LogP contribution in [0.1, 0.15) is 41.6 Å². The number of hydrogen-bond acceptors (Lipinski definition) is 6. The van der Waals surface area contributed by atoms with Crippen molar-refractivity contribution in [3.63, 3.8) is 0 Å². The van der Waals surface area contributed by atoms with Crippen LogP contribution in [0.2, 0.25) is 0 Å². The first-order valence-electron chi connectivity index (χ1n) is 7.42. The highest BCUT2D eigenvalue weighted by Crippen LogP contribution is 2.35. The predicted molar refractivity (Wildman–Crippen MR) is 81.3 cm³/mol. The van der Waals surface area contributed by atoms with Gasteiger partial charge in [-0.1, -0.05) is 11.3 Å². The second kappa shape index (κ2) is 5.89. The lowest BCUT2D eigenvalue weighted by molar-refractivity contribution is -0.130. The maximum Gasteiger partial charge on any atom is 0.225 e. The van der Waals surface area contributed by atoms with E-state index in [2.05, 4.69) is 4.98 Å². The van der Waals surface area contributed by atoms with Crippen LogP contribution < -0.4 is 4.90 Å². The van der Waals surface area contributed by atoms with Crippen molar-refractivity contribution in [2.24, 2.45) is 5.92 Å². The molecular weight excluding hydrogens is 304 g/mol. The van der Waals surface area contributed by atoms with Crippen LogP contribution in [0, 0.1) is 5.92 Å². The Bertz CT molecular complexity index is 633. The first-order valence-corrected chi connectivity index (χ1v) is 8.24. The topological polar surface area (TPSA) is 76.6 Å². The van der Waals surface area contributed by atoms with Gasteiger partial charge in [0.1, 0.15) is 6.10 Å². The van der Waals surface area contributed by atoms with Gasteiger partial charge in [0.2, 0.25) is 5.91 Å². The van der Waals surface area contributed by atoms with Gasteiger partial charge in [0.15, 0.2) is 16.7 Å². The molecular formula is C15H18N2O4S. The van der Waals surface area contributed by atoms with Gasteiger partial charge in [0.05, 0.1) is 16.5 Å². The zero-order valence-electron chi connectivity index (χ0n) is 12.6. The molecule has 1 amide bonds. The predicted octanol–water partition coefficient (Wildman–Crippen LogP) is 1.62. The maximum atomic E-state index is 12.6. The molecule has 1 fully saturated rings. The first kappa shape index (κ1) is 15.3. The number of carbonyl (C=O) groups is 3. The third kappa shape index (κ3) is 2.59. The van der Waals surface area contributed by atoms with Gasteiger partial charge in [-0.25, -0.2) is 4.98 Å². The number of aryl methyl sites for hydroxylation is 1. The van der Waals surface area contributed by atoms with Crippen molar-refractivity contribution in [1.82, 2.24) is 4.98 Å². The quantitative estimate of drug-likeness (QED) is 0.790. The van der Waals surface area contributed by atoms with Crippen molar-refractivity contribution < 1.29 is 19.1 Å². The Hall–Kier alpha value is -1.60. The Morgan fingerprint density at radius 2 is 2.14 bits per heavy atom. The number of anilines is 1. The van der Waals surface area contributed by atoms with Crippen LogP contribution >= 0.6 is 11.3 Å². The van der Waals surface area contributed by atoms with Gasteiger partial charge in [0.25, 0.3) is 0 Å². The summed E-state index contributed by atoms with van der Waals surface area (Å²) in [5, 5.41) is 0.510. The zero-order chi connectivity index (χ0) is 15.9. The van der Waals surface area contributed by atoms with Gasteiger partial charge in [0, 0.05) is 20.6 Å². The smallest absolute Gasteiger partial charge is 0.225 e. The highest BCUT2D eigenvalue weighted by atomic mass is 32.1. The standard InChI is InChI=1S/C15H18N2O4S/c1-8(18)17(2)15-16-10-6-5-9(13(20)14(10)22-15)12(19)11-4-3-7-21-11/h9,11H,3-7H2,1-2H3. The molecule has 1 saturated heterocycles. The van der Waals surface area contributed by atoms with Crippen molar-refractivity contribution in [3.05, 3.63) is 10.6 Å². The second-order valence-electron chi connectivity index (χ2n) is 5.71. The number of hydrogen-bond donors (Lipinski definition) is 0. The Morgan fingerprint density at radius 1 is 1.36 bits per heavy atom. The molecule has 2 heterocycles. The molecule has 1 aromatic rings. The Labute approximate surface area is 132 Å². The lowest BCUT2D eigenvalue weighted by Crippen LogP contribution is -2.35. The minimum absolute atomic E-state index is 0.0944. The second-order valence-corrected chi connectivity index (χ2v) is 6.69. The van der Waals surface area contributed by atoms with Crippen LogP contribution in [-0.4, -0.2) is 42.2 Å². The van der Waals surface area contributed by atoms with Gasteiger partial charge in [-0.2, -0.15) is 0 Å². The first-order chi connectivity index (χ1) is 10.5. The van der Waals surface area contributed by atoms with Crippen molar-refractivity contribution in [2.45, 2.75) is 38.7 Å². The van der Waals surface area contributed by atoms with Gasteiger partial charge in [-0.3, -0.25) is 19.3 Å². The third-order valence-electron chi connectivity index (χ3n) is 4.25.